The lowest BCUT2D eigenvalue weighted by atomic mass is 10.1. The van der Waals surface area contributed by atoms with Gasteiger partial charge in [-0.1, -0.05) is 13.5 Å². The highest BCUT2D eigenvalue weighted by Gasteiger charge is 2.09. The van der Waals surface area contributed by atoms with E-state index in [1.807, 2.05) is 6.92 Å². The minimum atomic E-state index is -0.347. The summed E-state index contributed by atoms with van der Waals surface area (Å²) in [5, 5.41) is 3.17. The summed E-state index contributed by atoms with van der Waals surface area (Å²) in [6.07, 6.45) is 6.81. The Morgan fingerprint density at radius 1 is 1.60 bits per heavy atom. The largest absolute Gasteiger partial charge is 0.463 e. The predicted octanol–water partition coefficient (Wildman–Crippen LogP) is 1.50. The Labute approximate surface area is 91.9 Å². The molecule has 0 aromatic heterocycles. The predicted molar refractivity (Wildman–Crippen MR) is 61.3 cm³/mol. The van der Waals surface area contributed by atoms with Gasteiger partial charge in [-0.15, -0.1) is 12.3 Å². The molecular weight excluding hydrogens is 190 g/mol. The molecule has 0 saturated carbocycles. The summed E-state index contributed by atoms with van der Waals surface area (Å²) in [5.41, 5.74) is 0.437. The average molecular weight is 209 g/mol. The van der Waals surface area contributed by atoms with Gasteiger partial charge in [-0.05, 0) is 13.3 Å². The van der Waals surface area contributed by atoms with Gasteiger partial charge in [-0.2, -0.15) is 0 Å². The van der Waals surface area contributed by atoms with Crippen LogP contribution in [0.15, 0.2) is 12.2 Å². The van der Waals surface area contributed by atoms with Crippen molar-refractivity contribution < 1.29 is 9.53 Å². The van der Waals surface area contributed by atoms with Crippen LogP contribution in [0, 0.1) is 12.3 Å². The number of carbonyl (C=O) groups excluding carboxylic acids is 1. The second kappa shape index (κ2) is 8.07. The Morgan fingerprint density at radius 2 is 2.27 bits per heavy atom. The number of terminal acetylenes is 1. The zero-order valence-corrected chi connectivity index (χ0v) is 9.51. The smallest absolute Gasteiger partial charge is 0.334 e. The van der Waals surface area contributed by atoms with Gasteiger partial charge in [-0.3, -0.25) is 0 Å². The van der Waals surface area contributed by atoms with Crippen molar-refractivity contribution in [3.63, 3.8) is 0 Å². The first kappa shape index (κ1) is 13.7. The SMILES string of the molecule is C#CCC(CC)NCC(=C)C(=O)OCC. The van der Waals surface area contributed by atoms with E-state index in [2.05, 4.69) is 17.8 Å². The van der Waals surface area contributed by atoms with Crippen LogP contribution in [0.3, 0.4) is 0 Å². The first-order chi connectivity index (χ1) is 7.15. The molecule has 1 unspecified atom stereocenters. The highest BCUT2D eigenvalue weighted by molar-refractivity contribution is 5.88. The average Bonchev–Trinajstić information content (AvgIpc) is 2.24. The van der Waals surface area contributed by atoms with Gasteiger partial charge < -0.3 is 10.1 Å². The Morgan fingerprint density at radius 3 is 2.73 bits per heavy atom. The minimum absolute atomic E-state index is 0.237. The van der Waals surface area contributed by atoms with E-state index >= 15 is 0 Å². The number of hydrogen-bond donors (Lipinski definition) is 1. The van der Waals surface area contributed by atoms with Crippen molar-refractivity contribution in [2.75, 3.05) is 13.2 Å². The van der Waals surface area contributed by atoms with E-state index in [9.17, 15) is 4.79 Å². The molecule has 0 aliphatic rings. The van der Waals surface area contributed by atoms with Crippen LogP contribution in [-0.2, 0) is 9.53 Å². The fraction of sp³-hybridized carbons (Fsp3) is 0.583. The third kappa shape index (κ3) is 5.92. The molecule has 3 heteroatoms. The van der Waals surface area contributed by atoms with Crippen molar-refractivity contribution in [3.05, 3.63) is 12.2 Å². The fourth-order valence-electron chi connectivity index (χ4n) is 1.08. The van der Waals surface area contributed by atoms with Gasteiger partial charge in [-0.25, -0.2) is 4.79 Å². The summed E-state index contributed by atoms with van der Waals surface area (Å²) in [4.78, 5) is 11.2. The Kier molecular flexibility index (Phi) is 7.39. The molecule has 1 N–H and O–H groups in total. The molecule has 0 amide bonds. The molecule has 15 heavy (non-hydrogen) atoms. The number of nitrogens with one attached hydrogen (secondary N) is 1. The van der Waals surface area contributed by atoms with Crippen molar-refractivity contribution >= 4 is 5.97 Å². The molecule has 0 radical (unpaired) electrons. The first-order valence-corrected chi connectivity index (χ1v) is 5.17. The fourth-order valence-corrected chi connectivity index (χ4v) is 1.08. The summed E-state index contributed by atoms with van der Waals surface area (Å²) >= 11 is 0. The maximum absolute atomic E-state index is 11.2. The van der Waals surface area contributed by atoms with Crippen molar-refractivity contribution in [1.82, 2.24) is 5.32 Å². The van der Waals surface area contributed by atoms with Gasteiger partial charge in [0.2, 0.25) is 0 Å². The van der Waals surface area contributed by atoms with Crippen LogP contribution in [0.4, 0.5) is 0 Å². The molecule has 0 aliphatic carbocycles. The molecule has 0 bridgehead atoms. The van der Waals surface area contributed by atoms with Crippen LogP contribution < -0.4 is 5.32 Å². The van der Waals surface area contributed by atoms with E-state index < -0.39 is 0 Å². The lowest BCUT2D eigenvalue weighted by molar-refractivity contribution is -0.138. The van der Waals surface area contributed by atoms with Gasteiger partial charge in [0, 0.05) is 24.6 Å². The van der Waals surface area contributed by atoms with E-state index in [1.165, 1.54) is 0 Å². The lowest BCUT2D eigenvalue weighted by Crippen LogP contribution is -2.31. The molecular formula is C12H19NO2. The van der Waals surface area contributed by atoms with Crippen LogP contribution in [0.25, 0.3) is 0 Å². The summed E-state index contributed by atoms with van der Waals surface area (Å²) < 4.78 is 4.81. The highest BCUT2D eigenvalue weighted by Crippen LogP contribution is 1.99. The molecule has 0 spiro atoms. The Hall–Kier alpha value is -1.27. The van der Waals surface area contributed by atoms with E-state index in [4.69, 9.17) is 11.2 Å². The number of esters is 1. The summed E-state index contributed by atoms with van der Waals surface area (Å²) in [5.74, 6) is 2.24. The number of rotatable bonds is 7. The van der Waals surface area contributed by atoms with Crippen molar-refractivity contribution in [1.29, 1.82) is 0 Å². The third-order valence-corrected chi connectivity index (χ3v) is 2.03. The van der Waals surface area contributed by atoms with Gasteiger partial charge in [0.1, 0.15) is 0 Å². The molecule has 84 valence electrons. The van der Waals surface area contributed by atoms with E-state index in [1.54, 1.807) is 6.92 Å². The van der Waals surface area contributed by atoms with Crippen LogP contribution in [0.5, 0.6) is 0 Å². The second-order valence-corrected chi connectivity index (χ2v) is 3.22. The van der Waals surface area contributed by atoms with Crippen molar-refractivity contribution in [2.45, 2.75) is 32.7 Å². The Bertz CT molecular complexity index is 253. The molecule has 0 rings (SSSR count). The van der Waals surface area contributed by atoms with Crippen molar-refractivity contribution in [2.24, 2.45) is 0 Å². The molecule has 1 atom stereocenters. The normalized spacial score (nSPS) is 11.5. The molecule has 0 aromatic carbocycles. The number of hydrogen-bond acceptors (Lipinski definition) is 3. The number of ether oxygens (including phenoxy) is 1. The summed E-state index contributed by atoms with van der Waals surface area (Å²) in [7, 11) is 0. The van der Waals surface area contributed by atoms with E-state index in [-0.39, 0.29) is 12.0 Å². The summed E-state index contributed by atoms with van der Waals surface area (Å²) in [6, 6.07) is 0.237. The van der Waals surface area contributed by atoms with Gasteiger partial charge in [0.15, 0.2) is 0 Å². The maximum Gasteiger partial charge on any atom is 0.334 e. The molecule has 0 saturated heterocycles. The van der Waals surface area contributed by atoms with Gasteiger partial charge in [0.25, 0.3) is 0 Å². The molecule has 0 fully saturated rings. The monoisotopic (exact) mass is 209 g/mol. The zero-order chi connectivity index (χ0) is 11.7. The lowest BCUT2D eigenvalue weighted by Gasteiger charge is -2.14. The van der Waals surface area contributed by atoms with E-state index in [0.29, 0.717) is 25.1 Å². The van der Waals surface area contributed by atoms with Crippen LogP contribution in [0.1, 0.15) is 26.7 Å². The van der Waals surface area contributed by atoms with Crippen molar-refractivity contribution in [3.8, 4) is 12.3 Å². The number of carbonyl (C=O) groups is 1. The molecule has 0 aromatic rings. The standard InChI is InChI=1S/C12H19NO2/c1-5-8-11(6-2)13-9-10(4)12(14)15-7-3/h1,11,13H,4,6-9H2,2-3H3. The topological polar surface area (TPSA) is 38.3 Å². The third-order valence-electron chi connectivity index (χ3n) is 2.03. The van der Waals surface area contributed by atoms with E-state index in [0.717, 1.165) is 6.42 Å². The quantitative estimate of drug-likeness (QED) is 0.392. The first-order valence-electron chi connectivity index (χ1n) is 5.17. The molecule has 3 nitrogen and oxygen atoms in total. The maximum atomic E-state index is 11.2. The second-order valence-electron chi connectivity index (χ2n) is 3.22. The van der Waals surface area contributed by atoms with Crippen LogP contribution >= 0.6 is 0 Å². The molecule has 0 heterocycles. The highest BCUT2D eigenvalue weighted by atomic mass is 16.5. The zero-order valence-electron chi connectivity index (χ0n) is 9.51. The van der Waals surface area contributed by atoms with Gasteiger partial charge >= 0.3 is 5.97 Å². The van der Waals surface area contributed by atoms with Crippen LogP contribution in [0.2, 0.25) is 0 Å². The van der Waals surface area contributed by atoms with Gasteiger partial charge in [0.05, 0.1) is 6.61 Å². The molecule has 0 aliphatic heterocycles. The Balaban J connectivity index is 3.88. The van der Waals surface area contributed by atoms with Crippen LogP contribution in [-0.4, -0.2) is 25.2 Å². The minimum Gasteiger partial charge on any atom is -0.463 e. The summed E-state index contributed by atoms with van der Waals surface area (Å²) in [6.45, 7) is 8.27.